The standard InChI is InChI=1S/C37H32F3N5O3/c1-22(25-4-10-29(38)11-5-25)36(47)45(37(48)23(2)26-6-12-30(39)13-7-26)33-20-28(16-17-41-33)34-32-21-43(24(3)46)18-19-44(32)42-35(34)27-8-14-31(40)15-9-27/h4-17,20,22-23H,18-19,21H2,1-3H3. The van der Waals surface area contributed by atoms with Gasteiger partial charge in [0, 0.05) is 30.8 Å². The maximum absolute atomic E-state index is 14.2. The fourth-order valence-corrected chi connectivity index (χ4v) is 5.91. The van der Waals surface area contributed by atoms with Crippen LogP contribution in [0.4, 0.5) is 19.0 Å². The Morgan fingerprint density at radius 3 is 1.77 bits per heavy atom. The van der Waals surface area contributed by atoms with Crippen LogP contribution >= 0.6 is 0 Å². The predicted molar refractivity (Wildman–Crippen MR) is 174 cm³/mol. The highest BCUT2D eigenvalue weighted by atomic mass is 19.1. The molecule has 6 rings (SSSR count). The molecule has 3 heterocycles. The third-order valence-corrected chi connectivity index (χ3v) is 8.73. The lowest BCUT2D eigenvalue weighted by molar-refractivity contribution is -0.130. The summed E-state index contributed by atoms with van der Waals surface area (Å²) in [6.07, 6.45) is 1.48. The summed E-state index contributed by atoms with van der Waals surface area (Å²) in [5.74, 6) is -4.30. The molecule has 1 aliphatic heterocycles. The Labute approximate surface area is 275 Å². The number of imide groups is 1. The molecule has 0 spiro atoms. The largest absolute Gasteiger partial charge is 0.335 e. The second-order valence-electron chi connectivity index (χ2n) is 11.8. The molecular formula is C37H32F3N5O3. The van der Waals surface area contributed by atoms with E-state index < -0.39 is 41.1 Å². The van der Waals surface area contributed by atoms with Crippen molar-refractivity contribution in [1.29, 1.82) is 0 Å². The average Bonchev–Trinajstić information content (AvgIpc) is 3.47. The van der Waals surface area contributed by atoms with Gasteiger partial charge in [0.1, 0.15) is 29.0 Å². The third-order valence-electron chi connectivity index (χ3n) is 8.73. The number of aromatic nitrogens is 3. The molecular weight excluding hydrogens is 619 g/mol. The lowest BCUT2D eigenvalue weighted by atomic mass is 9.95. The van der Waals surface area contributed by atoms with Crippen molar-refractivity contribution in [2.24, 2.45) is 0 Å². The first-order chi connectivity index (χ1) is 23.0. The Bertz CT molecular complexity index is 1930. The van der Waals surface area contributed by atoms with E-state index >= 15 is 0 Å². The molecule has 11 heteroatoms. The molecule has 0 radical (unpaired) electrons. The van der Waals surface area contributed by atoms with Crippen LogP contribution in [0.1, 0.15) is 49.4 Å². The number of fused-ring (bicyclic) bond motifs is 1. The maximum atomic E-state index is 14.2. The molecule has 8 nitrogen and oxygen atoms in total. The van der Waals surface area contributed by atoms with Crippen LogP contribution in [0.25, 0.3) is 22.4 Å². The van der Waals surface area contributed by atoms with Crippen LogP contribution in [-0.4, -0.2) is 43.9 Å². The van der Waals surface area contributed by atoms with Crippen molar-refractivity contribution in [3.8, 4) is 22.4 Å². The summed E-state index contributed by atoms with van der Waals surface area (Å²) in [4.78, 5) is 48.1. The van der Waals surface area contributed by atoms with Gasteiger partial charge in [-0.2, -0.15) is 5.10 Å². The summed E-state index contributed by atoms with van der Waals surface area (Å²) >= 11 is 0. The van der Waals surface area contributed by atoms with E-state index in [1.807, 2.05) is 4.68 Å². The van der Waals surface area contributed by atoms with Gasteiger partial charge >= 0.3 is 0 Å². The fraction of sp³-hybridized carbons (Fsp3) is 0.216. The summed E-state index contributed by atoms with van der Waals surface area (Å²) in [5.41, 5.74) is 4.12. The van der Waals surface area contributed by atoms with Crippen molar-refractivity contribution >= 4 is 23.5 Å². The number of hydrogen-bond donors (Lipinski definition) is 0. The Morgan fingerprint density at radius 2 is 1.25 bits per heavy atom. The van der Waals surface area contributed by atoms with Crippen molar-refractivity contribution in [3.63, 3.8) is 0 Å². The third kappa shape index (κ3) is 6.35. The van der Waals surface area contributed by atoms with Crippen LogP contribution < -0.4 is 4.90 Å². The minimum Gasteiger partial charge on any atom is -0.335 e. The van der Waals surface area contributed by atoms with E-state index in [-0.39, 0.29) is 18.3 Å². The smallest absolute Gasteiger partial charge is 0.242 e. The van der Waals surface area contributed by atoms with Gasteiger partial charge in [0.15, 0.2) is 0 Å². The Morgan fingerprint density at radius 1 is 0.729 bits per heavy atom. The van der Waals surface area contributed by atoms with E-state index in [2.05, 4.69) is 4.98 Å². The number of rotatable bonds is 7. The lowest BCUT2D eigenvalue weighted by Crippen LogP contribution is -2.42. The van der Waals surface area contributed by atoms with E-state index in [0.29, 0.717) is 46.6 Å². The summed E-state index contributed by atoms with van der Waals surface area (Å²) in [5, 5.41) is 4.84. The van der Waals surface area contributed by atoms with E-state index in [4.69, 9.17) is 5.10 Å². The van der Waals surface area contributed by atoms with Gasteiger partial charge in [-0.1, -0.05) is 24.3 Å². The number of carbonyl (C=O) groups excluding carboxylic acids is 3. The molecule has 0 fully saturated rings. The molecule has 0 aliphatic carbocycles. The van der Waals surface area contributed by atoms with Crippen LogP contribution in [0, 0.1) is 17.5 Å². The van der Waals surface area contributed by atoms with Crippen molar-refractivity contribution in [2.45, 2.75) is 45.7 Å². The monoisotopic (exact) mass is 651 g/mol. The normalized spacial score (nSPS) is 13.8. The zero-order chi connectivity index (χ0) is 34.1. The van der Waals surface area contributed by atoms with Crippen molar-refractivity contribution in [2.75, 3.05) is 11.4 Å². The van der Waals surface area contributed by atoms with Gasteiger partial charge in [-0.3, -0.25) is 19.1 Å². The van der Waals surface area contributed by atoms with Crippen molar-refractivity contribution in [3.05, 3.63) is 125 Å². The quantitative estimate of drug-likeness (QED) is 0.192. The summed E-state index contributed by atoms with van der Waals surface area (Å²) in [6.45, 7) is 5.92. The van der Waals surface area contributed by atoms with Crippen LogP contribution in [-0.2, 0) is 27.5 Å². The topological polar surface area (TPSA) is 88.4 Å². The first-order valence-corrected chi connectivity index (χ1v) is 15.5. The van der Waals surface area contributed by atoms with Gasteiger partial charge in [0.25, 0.3) is 0 Å². The highest BCUT2D eigenvalue weighted by Crippen LogP contribution is 2.38. The highest BCUT2D eigenvalue weighted by Gasteiger charge is 2.34. The van der Waals surface area contributed by atoms with Crippen LogP contribution in [0.15, 0.2) is 91.1 Å². The molecule has 3 amide bonds. The molecule has 5 aromatic rings. The van der Waals surface area contributed by atoms with E-state index in [0.717, 1.165) is 10.6 Å². The van der Waals surface area contributed by atoms with Gasteiger partial charge in [-0.05, 0) is 91.2 Å². The second-order valence-corrected chi connectivity index (χ2v) is 11.8. The molecule has 0 saturated heterocycles. The zero-order valence-electron chi connectivity index (χ0n) is 26.5. The number of carbonyl (C=O) groups is 3. The molecule has 2 atom stereocenters. The molecule has 3 aromatic carbocycles. The number of halogens is 3. The van der Waals surface area contributed by atoms with E-state index in [1.165, 1.54) is 73.8 Å². The first kappa shape index (κ1) is 32.4. The van der Waals surface area contributed by atoms with Crippen LogP contribution in [0.2, 0.25) is 0 Å². The van der Waals surface area contributed by atoms with Gasteiger partial charge in [0.2, 0.25) is 17.7 Å². The van der Waals surface area contributed by atoms with E-state index in [9.17, 15) is 27.6 Å². The molecule has 0 saturated carbocycles. The SMILES string of the molecule is CC(=O)N1CCn2nc(-c3ccc(F)cc3)c(-c3ccnc(N(C(=O)C(C)c4ccc(F)cc4)C(=O)C(C)c4ccc(F)cc4)c3)c2C1. The van der Waals surface area contributed by atoms with Gasteiger partial charge in [-0.15, -0.1) is 0 Å². The average molecular weight is 652 g/mol. The molecule has 0 bridgehead atoms. The number of nitrogens with zero attached hydrogens (tertiary/aromatic N) is 5. The number of hydrogen-bond acceptors (Lipinski definition) is 5. The lowest BCUT2D eigenvalue weighted by Gasteiger charge is -2.28. The zero-order valence-corrected chi connectivity index (χ0v) is 26.5. The molecule has 244 valence electrons. The summed E-state index contributed by atoms with van der Waals surface area (Å²) in [6, 6.07) is 20.2. The number of benzene rings is 3. The minimum absolute atomic E-state index is 0.0367. The highest BCUT2D eigenvalue weighted by molar-refractivity contribution is 6.18. The van der Waals surface area contributed by atoms with Gasteiger partial charge in [-0.25, -0.2) is 23.1 Å². The Kier molecular flexibility index (Phi) is 8.95. The summed E-state index contributed by atoms with van der Waals surface area (Å²) in [7, 11) is 0. The number of pyridine rings is 1. The second kappa shape index (κ2) is 13.3. The predicted octanol–water partition coefficient (Wildman–Crippen LogP) is 6.86. The molecule has 2 unspecified atom stereocenters. The summed E-state index contributed by atoms with van der Waals surface area (Å²) < 4.78 is 43.2. The number of anilines is 1. The first-order valence-electron chi connectivity index (χ1n) is 15.5. The van der Waals surface area contributed by atoms with Gasteiger partial charge in [0.05, 0.1) is 30.6 Å². The Hall–Kier alpha value is -5.58. The van der Waals surface area contributed by atoms with Crippen LogP contribution in [0.3, 0.4) is 0 Å². The van der Waals surface area contributed by atoms with Crippen molar-refractivity contribution < 1.29 is 27.6 Å². The molecule has 2 aromatic heterocycles. The van der Waals surface area contributed by atoms with Gasteiger partial charge < -0.3 is 4.90 Å². The minimum atomic E-state index is -0.858. The van der Waals surface area contributed by atoms with Crippen LogP contribution in [0.5, 0.6) is 0 Å². The van der Waals surface area contributed by atoms with Crippen molar-refractivity contribution in [1.82, 2.24) is 19.7 Å². The maximum Gasteiger partial charge on any atom is 0.242 e. The molecule has 0 N–H and O–H groups in total. The Balaban J connectivity index is 1.48. The molecule has 48 heavy (non-hydrogen) atoms. The molecule has 1 aliphatic rings. The van der Waals surface area contributed by atoms with E-state index in [1.54, 1.807) is 43.0 Å². The fourth-order valence-electron chi connectivity index (χ4n) is 5.91. The number of amides is 3.